The van der Waals surface area contributed by atoms with Crippen molar-refractivity contribution in [1.29, 1.82) is 0 Å². The summed E-state index contributed by atoms with van der Waals surface area (Å²) >= 11 is 0. The molecule has 1 aliphatic rings. The zero-order valence-electron chi connectivity index (χ0n) is 11.8. The summed E-state index contributed by atoms with van der Waals surface area (Å²) in [5.41, 5.74) is 0.293. The molecular weight excluding hydrogens is 251 g/mol. The maximum atomic E-state index is 12.6. The summed E-state index contributed by atoms with van der Waals surface area (Å²) < 4.78 is 37.8. The quantitative estimate of drug-likeness (QED) is 0.726. The molecule has 0 amide bonds. The standard InChI is InChI=1S/C13H16F3N.C2H6/c1-17-7-5-10(6-8-17)11-3-2-4-12(9-11)13(14,15)16;1-2/h2-4,9-10H,5-8H2,1H3;1-2H3. The molecule has 19 heavy (non-hydrogen) atoms. The molecule has 0 saturated carbocycles. The predicted octanol–water partition coefficient (Wildman–Crippen LogP) is 4.54. The van der Waals surface area contributed by atoms with Gasteiger partial charge in [-0.15, -0.1) is 0 Å². The first-order chi connectivity index (χ1) is 8.97. The number of piperidine rings is 1. The largest absolute Gasteiger partial charge is 0.416 e. The summed E-state index contributed by atoms with van der Waals surface area (Å²) in [6, 6.07) is 5.76. The summed E-state index contributed by atoms with van der Waals surface area (Å²) in [6.45, 7) is 5.92. The predicted molar refractivity (Wildman–Crippen MR) is 72.3 cm³/mol. The smallest absolute Gasteiger partial charge is 0.306 e. The molecular formula is C15H22F3N. The lowest BCUT2D eigenvalue weighted by Crippen LogP contribution is -2.29. The van der Waals surface area contributed by atoms with Gasteiger partial charge in [0.1, 0.15) is 0 Å². The Bertz CT molecular complexity index is 379. The number of likely N-dealkylation sites (tertiary alicyclic amines) is 1. The molecule has 0 spiro atoms. The topological polar surface area (TPSA) is 3.24 Å². The Hall–Kier alpha value is -1.03. The van der Waals surface area contributed by atoms with Crippen molar-refractivity contribution < 1.29 is 13.2 Å². The summed E-state index contributed by atoms with van der Waals surface area (Å²) in [4.78, 5) is 2.21. The molecule has 0 aromatic heterocycles. The zero-order chi connectivity index (χ0) is 14.5. The van der Waals surface area contributed by atoms with Gasteiger partial charge < -0.3 is 4.90 Å². The van der Waals surface area contributed by atoms with E-state index in [9.17, 15) is 13.2 Å². The Balaban J connectivity index is 0.000000861. The van der Waals surface area contributed by atoms with Crippen molar-refractivity contribution in [3.8, 4) is 0 Å². The van der Waals surface area contributed by atoms with Gasteiger partial charge in [-0.2, -0.15) is 13.2 Å². The van der Waals surface area contributed by atoms with E-state index in [1.807, 2.05) is 27.0 Å². The van der Waals surface area contributed by atoms with Crippen LogP contribution in [0.5, 0.6) is 0 Å². The summed E-state index contributed by atoms with van der Waals surface area (Å²) in [5.74, 6) is 0.272. The molecule has 1 nitrogen and oxygen atoms in total. The Kier molecular flexibility index (Phi) is 5.85. The molecule has 1 fully saturated rings. The number of nitrogens with zero attached hydrogens (tertiary/aromatic N) is 1. The lowest BCUT2D eigenvalue weighted by atomic mass is 9.89. The molecule has 0 N–H and O–H groups in total. The monoisotopic (exact) mass is 273 g/mol. The fraction of sp³-hybridized carbons (Fsp3) is 0.600. The van der Waals surface area contributed by atoms with E-state index in [4.69, 9.17) is 0 Å². The van der Waals surface area contributed by atoms with Gasteiger partial charge in [-0.05, 0) is 50.5 Å². The fourth-order valence-electron chi connectivity index (χ4n) is 2.31. The van der Waals surface area contributed by atoms with Crippen molar-refractivity contribution >= 4 is 0 Å². The van der Waals surface area contributed by atoms with Crippen molar-refractivity contribution in [2.24, 2.45) is 0 Å². The number of alkyl halides is 3. The van der Waals surface area contributed by atoms with Crippen LogP contribution in [0.4, 0.5) is 13.2 Å². The Morgan fingerprint density at radius 2 is 1.68 bits per heavy atom. The molecule has 2 rings (SSSR count). The fourth-order valence-corrected chi connectivity index (χ4v) is 2.31. The van der Waals surface area contributed by atoms with E-state index in [1.54, 1.807) is 0 Å². The Morgan fingerprint density at radius 3 is 2.21 bits per heavy atom. The van der Waals surface area contributed by atoms with Crippen LogP contribution in [0.15, 0.2) is 24.3 Å². The van der Waals surface area contributed by atoms with Crippen LogP contribution in [0, 0.1) is 0 Å². The second-order valence-electron chi connectivity index (χ2n) is 4.70. The molecule has 0 bridgehead atoms. The molecule has 1 aliphatic heterocycles. The van der Waals surface area contributed by atoms with Crippen LogP contribution in [0.1, 0.15) is 43.7 Å². The highest BCUT2D eigenvalue weighted by atomic mass is 19.4. The van der Waals surface area contributed by atoms with E-state index in [2.05, 4.69) is 4.90 Å². The minimum Gasteiger partial charge on any atom is -0.306 e. The molecule has 0 radical (unpaired) electrons. The van der Waals surface area contributed by atoms with E-state index in [-0.39, 0.29) is 5.92 Å². The number of rotatable bonds is 1. The molecule has 1 heterocycles. The third-order valence-electron chi connectivity index (χ3n) is 3.40. The Morgan fingerprint density at radius 1 is 1.11 bits per heavy atom. The number of benzene rings is 1. The summed E-state index contributed by atoms with van der Waals surface area (Å²) in [7, 11) is 2.04. The first kappa shape index (κ1) is 16.0. The maximum absolute atomic E-state index is 12.6. The van der Waals surface area contributed by atoms with E-state index in [1.165, 1.54) is 12.1 Å². The van der Waals surface area contributed by atoms with Crippen molar-refractivity contribution in [2.75, 3.05) is 20.1 Å². The zero-order valence-corrected chi connectivity index (χ0v) is 11.8. The van der Waals surface area contributed by atoms with Gasteiger partial charge in [0.15, 0.2) is 0 Å². The van der Waals surface area contributed by atoms with Gasteiger partial charge in [0, 0.05) is 0 Å². The molecule has 1 saturated heterocycles. The van der Waals surface area contributed by atoms with Gasteiger partial charge in [-0.25, -0.2) is 0 Å². The molecule has 1 aromatic rings. The maximum Gasteiger partial charge on any atom is 0.416 e. The van der Waals surface area contributed by atoms with Crippen LogP contribution in [0.25, 0.3) is 0 Å². The highest BCUT2D eigenvalue weighted by molar-refractivity contribution is 5.28. The van der Waals surface area contributed by atoms with E-state index in [0.717, 1.165) is 37.6 Å². The van der Waals surface area contributed by atoms with Crippen LogP contribution in [0.2, 0.25) is 0 Å². The summed E-state index contributed by atoms with van der Waals surface area (Å²) in [5, 5.41) is 0. The molecule has 1 aromatic carbocycles. The van der Waals surface area contributed by atoms with Gasteiger partial charge in [-0.1, -0.05) is 32.0 Å². The minimum absolute atomic E-state index is 0.272. The lowest BCUT2D eigenvalue weighted by molar-refractivity contribution is -0.137. The van der Waals surface area contributed by atoms with Crippen molar-refractivity contribution in [2.45, 2.75) is 38.8 Å². The highest BCUT2D eigenvalue weighted by Gasteiger charge is 2.31. The van der Waals surface area contributed by atoms with E-state index >= 15 is 0 Å². The third-order valence-corrected chi connectivity index (χ3v) is 3.40. The lowest BCUT2D eigenvalue weighted by Gasteiger charge is -2.29. The SMILES string of the molecule is CC.CN1CCC(c2cccc(C(F)(F)F)c2)CC1. The van der Waals surface area contributed by atoms with Gasteiger partial charge in [0.2, 0.25) is 0 Å². The average molecular weight is 273 g/mol. The van der Waals surface area contributed by atoms with Crippen LogP contribution in [-0.4, -0.2) is 25.0 Å². The summed E-state index contributed by atoms with van der Waals surface area (Å²) in [6.07, 6.45) is -2.35. The van der Waals surface area contributed by atoms with E-state index < -0.39 is 11.7 Å². The first-order valence-electron chi connectivity index (χ1n) is 6.82. The van der Waals surface area contributed by atoms with Gasteiger partial charge in [0.25, 0.3) is 0 Å². The normalized spacial score (nSPS) is 17.8. The molecule has 0 atom stereocenters. The average Bonchev–Trinajstić information content (AvgIpc) is 2.41. The molecule has 0 unspecified atom stereocenters. The minimum atomic E-state index is -4.23. The Labute approximate surface area is 113 Å². The van der Waals surface area contributed by atoms with Gasteiger partial charge in [0.05, 0.1) is 5.56 Å². The van der Waals surface area contributed by atoms with Crippen LogP contribution in [0.3, 0.4) is 0 Å². The second-order valence-corrected chi connectivity index (χ2v) is 4.70. The number of hydrogen-bond acceptors (Lipinski definition) is 1. The van der Waals surface area contributed by atoms with Crippen molar-refractivity contribution in [3.05, 3.63) is 35.4 Å². The van der Waals surface area contributed by atoms with Crippen LogP contribution < -0.4 is 0 Å². The highest BCUT2D eigenvalue weighted by Crippen LogP contribution is 2.33. The second kappa shape index (κ2) is 6.94. The van der Waals surface area contributed by atoms with E-state index in [0.29, 0.717) is 0 Å². The van der Waals surface area contributed by atoms with Crippen LogP contribution in [-0.2, 0) is 6.18 Å². The number of halogens is 3. The first-order valence-corrected chi connectivity index (χ1v) is 6.82. The van der Waals surface area contributed by atoms with Crippen LogP contribution >= 0.6 is 0 Å². The van der Waals surface area contributed by atoms with Gasteiger partial charge >= 0.3 is 6.18 Å². The van der Waals surface area contributed by atoms with Gasteiger partial charge in [-0.3, -0.25) is 0 Å². The third kappa shape index (κ3) is 4.53. The molecule has 0 aliphatic carbocycles. The molecule has 108 valence electrons. The number of hydrogen-bond donors (Lipinski definition) is 0. The van der Waals surface area contributed by atoms with Crippen molar-refractivity contribution in [1.82, 2.24) is 4.90 Å². The molecule has 4 heteroatoms. The van der Waals surface area contributed by atoms with Crippen molar-refractivity contribution in [3.63, 3.8) is 0 Å².